The fourth-order valence-electron chi connectivity index (χ4n) is 3.39. The number of benzene rings is 1. The molecule has 0 radical (unpaired) electrons. The molecule has 2 amide bonds. The molecule has 7 heteroatoms. The Bertz CT molecular complexity index is 924. The molecule has 0 saturated heterocycles. The van der Waals surface area contributed by atoms with E-state index in [4.69, 9.17) is 17.4 Å². The summed E-state index contributed by atoms with van der Waals surface area (Å²) >= 11 is 0. The van der Waals surface area contributed by atoms with Gasteiger partial charge in [-0.15, -0.1) is 11.5 Å². The van der Waals surface area contributed by atoms with Gasteiger partial charge in [0.05, 0.1) is 17.3 Å². The number of primary amides is 1. The van der Waals surface area contributed by atoms with Crippen LogP contribution in [0.25, 0.3) is 5.69 Å². The molecule has 1 heterocycles. The molecule has 2 aromatic rings. The Morgan fingerprint density at radius 3 is 2.42 bits per heavy atom. The number of nitriles is 1. The van der Waals surface area contributed by atoms with Gasteiger partial charge in [-0.1, -0.05) is 12.8 Å². The molecular formula is C19H17N5O2. The molecule has 1 aliphatic rings. The first-order valence-corrected chi connectivity index (χ1v) is 8.19. The number of hydrogen-bond acceptors (Lipinski definition) is 4. The molecule has 26 heavy (non-hydrogen) atoms. The first-order valence-electron chi connectivity index (χ1n) is 8.19. The molecule has 3 rings (SSSR count). The second-order valence-electron chi connectivity index (χ2n) is 6.17. The third-order valence-corrected chi connectivity index (χ3v) is 4.71. The summed E-state index contributed by atoms with van der Waals surface area (Å²) in [6.45, 7) is 0. The second kappa shape index (κ2) is 6.73. The summed E-state index contributed by atoms with van der Waals surface area (Å²) in [6.07, 6.45) is 9.48. The zero-order valence-corrected chi connectivity index (χ0v) is 14.1. The Morgan fingerprint density at radius 2 is 1.88 bits per heavy atom. The predicted molar refractivity (Wildman–Crippen MR) is 95.0 cm³/mol. The van der Waals surface area contributed by atoms with E-state index in [1.165, 1.54) is 4.90 Å². The second-order valence-corrected chi connectivity index (χ2v) is 6.17. The van der Waals surface area contributed by atoms with Gasteiger partial charge in [0.1, 0.15) is 5.54 Å². The van der Waals surface area contributed by atoms with Crippen molar-refractivity contribution in [2.45, 2.75) is 31.2 Å². The topological polar surface area (TPSA) is 105 Å². The van der Waals surface area contributed by atoms with E-state index in [-0.39, 0.29) is 5.82 Å². The summed E-state index contributed by atoms with van der Waals surface area (Å²) in [5.74, 6) is 1.13. The van der Waals surface area contributed by atoms with E-state index in [1.54, 1.807) is 41.2 Å². The largest absolute Gasteiger partial charge is 0.368 e. The molecule has 0 unspecified atom stereocenters. The Hall–Kier alpha value is -3.58. The van der Waals surface area contributed by atoms with Gasteiger partial charge < -0.3 is 5.73 Å². The molecule has 0 bridgehead atoms. The van der Waals surface area contributed by atoms with Crippen LogP contribution in [0.5, 0.6) is 0 Å². The highest BCUT2D eigenvalue weighted by atomic mass is 16.2. The number of rotatable bonds is 4. The van der Waals surface area contributed by atoms with Crippen LogP contribution in [0.3, 0.4) is 0 Å². The zero-order chi connectivity index (χ0) is 18.7. The molecule has 2 N–H and O–H groups in total. The van der Waals surface area contributed by atoms with Crippen molar-refractivity contribution < 1.29 is 9.59 Å². The fourth-order valence-corrected chi connectivity index (χ4v) is 3.39. The summed E-state index contributed by atoms with van der Waals surface area (Å²) in [6, 6.07) is 10.5. The number of carbonyl (C=O) groups is 2. The average Bonchev–Trinajstić information content (AvgIpc) is 3.33. The number of anilines is 1. The quantitative estimate of drug-likeness (QED) is 0.846. The summed E-state index contributed by atoms with van der Waals surface area (Å²) in [4.78, 5) is 25.9. The van der Waals surface area contributed by atoms with Gasteiger partial charge in [0.15, 0.2) is 5.82 Å². The summed E-state index contributed by atoms with van der Waals surface area (Å²) in [5.41, 5.74) is 5.74. The monoisotopic (exact) mass is 347 g/mol. The Morgan fingerprint density at radius 1 is 1.23 bits per heavy atom. The van der Waals surface area contributed by atoms with Crippen LogP contribution in [0.15, 0.2) is 36.5 Å². The molecule has 1 aliphatic carbocycles. The fraction of sp³-hybridized carbons (Fsp3) is 0.263. The lowest BCUT2D eigenvalue weighted by molar-refractivity contribution is -0.126. The molecule has 1 fully saturated rings. The predicted octanol–water partition coefficient (Wildman–Crippen LogP) is 1.51. The van der Waals surface area contributed by atoms with Crippen LogP contribution in [0, 0.1) is 23.7 Å². The van der Waals surface area contributed by atoms with Crippen LogP contribution < -0.4 is 10.6 Å². The molecule has 1 saturated carbocycles. The van der Waals surface area contributed by atoms with Gasteiger partial charge in [0.25, 0.3) is 0 Å². The first-order chi connectivity index (χ1) is 12.5. The zero-order valence-electron chi connectivity index (χ0n) is 14.1. The number of nitrogens with zero attached hydrogens (tertiary/aromatic N) is 4. The van der Waals surface area contributed by atoms with E-state index in [2.05, 4.69) is 17.1 Å². The number of nitrogens with two attached hydrogens (primary N) is 1. The molecule has 0 aliphatic heterocycles. The lowest BCUT2D eigenvalue weighted by Gasteiger charge is -2.35. The minimum absolute atomic E-state index is 0.276. The maximum absolute atomic E-state index is 12.4. The van der Waals surface area contributed by atoms with Crippen molar-refractivity contribution in [1.29, 1.82) is 5.26 Å². The van der Waals surface area contributed by atoms with Crippen molar-refractivity contribution in [2.75, 3.05) is 4.90 Å². The van der Waals surface area contributed by atoms with Crippen LogP contribution in [0.2, 0.25) is 0 Å². The van der Waals surface area contributed by atoms with Crippen LogP contribution in [0.4, 0.5) is 5.82 Å². The van der Waals surface area contributed by atoms with Gasteiger partial charge in [0.2, 0.25) is 5.91 Å². The number of hydrogen-bond donors (Lipinski definition) is 1. The SMILES string of the molecule is C#CC(=O)N(c1ccn(-c2ccc(C#N)cc2)n1)C1(C(N)=O)CCCC1. The average molecular weight is 347 g/mol. The maximum Gasteiger partial charge on any atom is 0.304 e. The van der Waals surface area contributed by atoms with Gasteiger partial charge in [-0.05, 0) is 43.0 Å². The van der Waals surface area contributed by atoms with Gasteiger partial charge >= 0.3 is 5.91 Å². The van der Waals surface area contributed by atoms with Crippen molar-refractivity contribution in [3.05, 3.63) is 42.1 Å². The highest BCUT2D eigenvalue weighted by Gasteiger charge is 2.48. The van der Waals surface area contributed by atoms with E-state index in [1.807, 2.05) is 0 Å². The summed E-state index contributed by atoms with van der Waals surface area (Å²) in [7, 11) is 0. The Balaban J connectivity index is 2.02. The molecule has 0 spiro atoms. The minimum Gasteiger partial charge on any atom is -0.368 e. The van der Waals surface area contributed by atoms with E-state index in [0.717, 1.165) is 12.8 Å². The van der Waals surface area contributed by atoms with Crippen molar-refractivity contribution in [3.8, 4) is 24.1 Å². The normalized spacial score (nSPS) is 15.0. The lowest BCUT2D eigenvalue weighted by Crippen LogP contribution is -2.58. The highest BCUT2D eigenvalue weighted by Crippen LogP contribution is 2.38. The molecule has 1 aromatic heterocycles. The highest BCUT2D eigenvalue weighted by molar-refractivity contribution is 6.10. The molecule has 1 aromatic carbocycles. The van der Waals surface area contributed by atoms with Crippen molar-refractivity contribution >= 4 is 17.6 Å². The van der Waals surface area contributed by atoms with E-state index >= 15 is 0 Å². The third kappa shape index (κ3) is 2.80. The van der Waals surface area contributed by atoms with Gasteiger partial charge in [-0.2, -0.15) is 5.26 Å². The number of terminal acetylenes is 1. The summed E-state index contributed by atoms with van der Waals surface area (Å²) in [5, 5.41) is 13.3. The standard InChI is InChI=1S/C19H17N5O2/c1-2-17(25)24(19(18(21)26)10-3-4-11-19)16-9-12-23(22-16)15-7-5-14(13-20)6-8-15/h1,5-9,12H,3-4,10-11H2,(H2,21,26). The maximum atomic E-state index is 12.4. The van der Waals surface area contributed by atoms with Gasteiger partial charge in [0, 0.05) is 12.3 Å². The van der Waals surface area contributed by atoms with Crippen LogP contribution in [-0.2, 0) is 9.59 Å². The van der Waals surface area contributed by atoms with E-state index in [0.29, 0.717) is 24.1 Å². The number of aromatic nitrogens is 2. The van der Waals surface area contributed by atoms with Crippen LogP contribution in [0.1, 0.15) is 31.2 Å². The Kier molecular flexibility index (Phi) is 4.47. The molecule has 130 valence electrons. The van der Waals surface area contributed by atoms with Crippen LogP contribution in [-0.4, -0.2) is 27.1 Å². The van der Waals surface area contributed by atoms with E-state index < -0.39 is 17.4 Å². The minimum atomic E-state index is -1.15. The van der Waals surface area contributed by atoms with Crippen LogP contribution >= 0.6 is 0 Å². The van der Waals surface area contributed by atoms with E-state index in [9.17, 15) is 9.59 Å². The van der Waals surface area contributed by atoms with Crippen molar-refractivity contribution in [1.82, 2.24) is 9.78 Å². The van der Waals surface area contributed by atoms with Gasteiger partial charge in [-0.3, -0.25) is 14.5 Å². The Labute approximate surface area is 151 Å². The lowest BCUT2D eigenvalue weighted by atomic mass is 9.93. The molecule has 7 nitrogen and oxygen atoms in total. The molecular weight excluding hydrogens is 330 g/mol. The molecule has 0 atom stereocenters. The van der Waals surface area contributed by atoms with Crippen molar-refractivity contribution in [3.63, 3.8) is 0 Å². The van der Waals surface area contributed by atoms with Crippen molar-refractivity contribution in [2.24, 2.45) is 5.73 Å². The number of carbonyl (C=O) groups excluding carboxylic acids is 2. The van der Waals surface area contributed by atoms with Gasteiger partial charge in [-0.25, -0.2) is 4.68 Å². The summed E-state index contributed by atoms with van der Waals surface area (Å²) < 4.78 is 1.55. The number of amides is 2. The smallest absolute Gasteiger partial charge is 0.304 e. The third-order valence-electron chi connectivity index (χ3n) is 4.71. The first kappa shape index (κ1) is 17.2.